The second-order valence-electron chi connectivity index (χ2n) is 9.27. The number of rotatable bonds is 4. The van der Waals surface area contributed by atoms with Crippen molar-refractivity contribution in [1.29, 1.82) is 0 Å². The number of hydrogen-bond acceptors (Lipinski definition) is 0. The first-order valence-electron chi connectivity index (χ1n) is 12.6. The highest BCUT2D eigenvalue weighted by molar-refractivity contribution is 6.07. The van der Waals surface area contributed by atoms with Gasteiger partial charge >= 0.3 is 0 Å². The van der Waals surface area contributed by atoms with Crippen molar-refractivity contribution in [3.8, 4) is 33.6 Å². The number of fused-ring (bicyclic) bond motifs is 3. The van der Waals surface area contributed by atoms with Gasteiger partial charge in [0.1, 0.15) is 11.0 Å². The van der Waals surface area contributed by atoms with Crippen molar-refractivity contribution in [3.05, 3.63) is 152 Å². The molecule has 0 radical (unpaired) electrons. The standard InChI is InChI=1S/C35H25N2/c1-4-14-26(15-5-1)29-24-34(27-16-6-2-7-17-27)37(35(25-29)28-18-8-3-9-19-28)36-32-22-12-10-20-30(32)31-21-11-13-23-33(31)36/h1-25H/q+1. The van der Waals surface area contributed by atoms with Crippen LogP contribution in [0.2, 0.25) is 0 Å². The molecule has 0 atom stereocenters. The Morgan fingerprint density at radius 2 is 0.730 bits per heavy atom. The highest BCUT2D eigenvalue weighted by Gasteiger charge is 2.28. The minimum atomic E-state index is 1.13. The van der Waals surface area contributed by atoms with E-state index >= 15 is 0 Å². The van der Waals surface area contributed by atoms with E-state index in [4.69, 9.17) is 0 Å². The first-order valence-corrected chi connectivity index (χ1v) is 12.6. The number of aromatic nitrogens is 2. The maximum Gasteiger partial charge on any atom is 0.244 e. The Bertz CT molecular complexity index is 1740. The first kappa shape index (κ1) is 21.3. The van der Waals surface area contributed by atoms with Crippen molar-refractivity contribution in [1.82, 2.24) is 4.68 Å². The molecule has 2 heteroatoms. The smallest absolute Gasteiger partial charge is 0.114 e. The summed E-state index contributed by atoms with van der Waals surface area (Å²) < 4.78 is 4.77. The minimum absolute atomic E-state index is 1.13. The lowest BCUT2D eigenvalue weighted by Crippen LogP contribution is -2.46. The predicted octanol–water partition coefficient (Wildman–Crippen LogP) is 8.39. The third-order valence-electron chi connectivity index (χ3n) is 7.04. The van der Waals surface area contributed by atoms with E-state index in [1.807, 2.05) is 0 Å². The molecule has 2 aromatic heterocycles. The minimum Gasteiger partial charge on any atom is -0.114 e. The van der Waals surface area contributed by atoms with Crippen LogP contribution >= 0.6 is 0 Å². The third kappa shape index (κ3) is 3.62. The Kier molecular flexibility index (Phi) is 5.15. The Balaban J connectivity index is 1.68. The van der Waals surface area contributed by atoms with E-state index in [0.717, 1.165) is 11.4 Å². The van der Waals surface area contributed by atoms with E-state index in [1.54, 1.807) is 0 Å². The van der Waals surface area contributed by atoms with Gasteiger partial charge < -0.3 is 0 Å². The van der Waals surface area contributed by atoms with Crippen LogP contribution in [0.15, 0.2) is 152 Å². The number of para-hydroxylation sites is 2. The second-order valence-corrected chi connectivity index (χ2v) is 9.27. The molecule has 7 rings (SSSR count). The van der Waals surface area contributed by atoms with Crippen LogP contribution < -0.4 is 4.68 Å². The highest BCUT2D eigenvalue weighted by Crippen LogP contribution is 2.33. The molecule has 2 nitrogen and oxygen atoms in total. The molecule has 7 aromatic rings. The summed E-state index contributed by atoms with van der Waals surface area (Å²) in [5.41, 5.74) is 9.34. The summed E-state index contributed by atoms with van der Waals surface area (Å²) in [6.07, 6.45) is 0. The van der Waals surface area contributed by atoms with E-state index in [1.165, 1.54) is 44.1 Å². The Morgan fingerprint density at radius 1 is 0.351 bits per heavy atom. The molecule has 0 saturated heterocycles. The molecule has 0 unspecified atom stereocenters. The second kappa shape index (κ2) is 8.92. The zero-order valence-corrected chi connectivity index (χ0v) is 20.3. The monoisotopic (exact) mass is 473 g/mol. The van der Waals surface area contributed by atoms with Crippen molar-refractivity contribution < 1.29 is 4.68 Å². The van der Waals surface area contributed by atoms with Crippen LogP contribution in [0.3, 0.4) is 0 Å². The molecule has 0 aliphatic carbocycles. The van der Waals surface area contributed by atoms with Crippen LogP contribution in [0.5, 0.6) is 0 Å². The molecular weight excluding hydrogens is 448 g/mol. The Hall–Kier alpha value is -4.95. The molecule has 0 amide bonds. The number of hydrogen-bond donors (Lipinski definition) is 0. The van der Waals surface area contributed by atoms with Gasteiger partial charge in [0.05, 0.1) is 0 Å². The predicted molar refractivity (Wildman–Crippen MR) is 153 cm³/mol. The van der Waals surface area contributed by atoms with Crippen molar-refractivity contribution in [3.63, 3.8) is 0 Å². The summed E-state index contributed by atoms with van der Waals surface area (Å²) in [6, 6.07) is 54.1. The average Bonchev–Trinajstić information content (AvgIpc) is 3.32. The van der Waals surface area contributed by atoms with Crippen molar-refractivity contribution in [2.45, 2.75) is 0 Å². The van der Waals surface area contributed by atoms with Crippen molar-refractivity contribution in [2.75, 3.05) is 0 Å². The number of nitrogens with zero attached hydrogens (tertiary/aromatic N) is 2. The van der Waals surface area contributed by atoms with Gasteiger partial charge in [-0.05, 0) is 47.5 Å². The lowest BCUT2D eigenvalue weighted by molar-refractivity contribution is -0.699. The molecule has 5 aromatic carbocycles. The van der Waals surface area contributed by atoms with Gasteiger partial charge in [-0.15, -0.1) is 4.68 Å². The van der Waals surface area contributed by atoms with E-state index in [2.05, 4.69) is 161 Å². The molecule has 2 heterocycles. The molecule has 0 bridgehead atoms. The summed E-state index contributed by atoms with van der Waals surface area (Å²) in [5, 5.41) is 2.49. The van der Waals surface area contributed by atoms with Gasteiger partial charge in [-0.3, -0.25) is 0 Å². The van der Waals surface area contributed by atoms with Gasteiger partial charge in [0.25, 0.3) is 0 Å². The van der Waals surface area contributed by atoms with Crippen LogP contribution in [-0.4, -0.2) is 4.68 Å². The maximum absolute atomic E-state index is 2.39. The van der Waals surface area contributed by atoms with Crippen molar-refractivity contribution in [2.24, 2.45) is 0 Å². The molecular formula is C35H25N2+. The third-order valence-corrected chi connectivity index (χ3v) is 7.04. The summed E-state index contributed by atoms with van der Waals surface area (Å²) in [7, 11) is 0. The van der Waals surface area contributed by atoms with Crippen molar-refractivity contribution >= 4 is 21.8 Å². The fraction of sp³-hybridized carbons (Fsp3) is 0. The van der Waals surface area contributed by atoms with Gasteiger partial charge in [0.15, 0.2) is 0 Å². The lowest BCUT2D eigenvalue weighted by atomic mass is 9.99. The topological polar surface area (TPSA) is 8.81 Å². The van der Waals surface area contributed by atoms with Crippen LogP contribution in [0.1, 0.15) is 0 Å². The Morgan fingerprint density at radius 3 is 1.19 bits per heavy atom. The number of benzene rings is 5. The maximum atomic E-state index is 2.39. The SMILES string of the molecule is c1ccc(-c2cc(-c3ccccc3)[n+](-n3c4ccccc4c4ccccc43)c(-c3ccccc3)c2)cc1. The highest BCUT2D eigenvalue weighted by atomic mass is 15.5. The zero-order valence-electron chi connectivity index (χ0n) is 20.3. The fourth-order valence-corrected chi connectivity index (χ4v) is 5.35. The van der Waals surface area contributed by atoms with E-state index in [9.17, 15) is 0 Å². The van der Waals surface area contributed by atoms with E-state index in [0.29, 0.717) is 0 Å². The average molecular weight is 474 g/mol. The summed E-state index contributed by atoms with van der Waals surface area (Å²) in [6.45, 7) is 0. The van der Waals surface area contributed by atoms with Crippen LogP contribution in [0, 0.1) is 0 Å². The van der Waals surface area contributed by atoms with Gasteiger partial charge in [0, 0.05) is 34.0 Å². The summed E-state index contributed by atoms with van der Waals surface area (Å²) >= 11 is 0. The quantitative estimate of drug-likeness (QED) is 0.227. The molecule has 174 valence electrons. The van der Waals surface area contributed by atoms with Crippen LogP contribution in [-0.2, 0) is 0 Å². The fourth-order valence-electron chi connectivity index (χ4n) is 5.35. The van der Waals surface area contributed by atoms with E-state index in [-0.39, 0.29) is 0 Å². The molecule has 0 aliphatic heterocycles. The molecule has 0 spiro atoms. The summed E-state index contributed by atoms with van der Waals surface area (Å²) in [5.74, 6) is 0. The van der Waals surface area contributed by atoms with Gasteiger partial charge in [0.2, 0.25) is 11.4 Å². The zero-order chi connectivity index (χ0) is 24.6. The normalized spacial score (nSPS) is 11.2. The first-order chi connectivity index (χ1) is 18.4. The molecule has 0 N–H and O–H groups in total. The molecule has 0 aliphatic rings. The van der Waals surface area contributed by atoms with Gasteiger partial charge in [-0.1, -0.05) is 108 Å². The number of pyridine rings is 1. The lowest BCUT2D eigenvalue weighted by Gasteiger charge is -2.14. The Labute approximate surface area is 216 Å². The van der Waals surface area contributed by atoms with Gasteiger partial charge in [-0.2, -0.15) is 0 Å². The molecule has 0 saturated carbocycles. The van der Waals surface area contributed by atoms with Crippen LogP contribution in [0.4, 0.5) is 0 Å². The molecule has 0 fully saturated rings. The van der Waals surface area contributed by atoms with Gasteiger partial charge in [-0.25, -0.2) is 0 Å². The summed E-state index contributed by atoms with van der Waals surface area (Å²) in [4.78, 5) is 0. The van der Waals surface area contributed by atoms with Crippen LogP contribution in [0.25, 0.3) is 55.4 Å². The largest absolute Gasteiger partial charge is 0.244 e. The molecule has 37 heavy (non-hydrogen) atoms. The van der Waals surface area contributed by atoms with E-state index < -0.39 is 0 Å².